The van der Waals surface area contributed by atoms with Crippen molar-refractivity contribution < 1.29 is 17.9 Å². The smallest absolute Gasteiger partial charge is 0.274 e. The summed E-state index contributed by atoms with van der Waals surface area (Å²) in [7, 11) is -3.20. The molecule has 2 aromatic carbocycles. The number of rotatable bonds is 5. The minimum atomic E-state index is -3.20. The van der Waals surface area contributed by atoms with E-state index in [4.69, 9.17) is 4.74 Å². The topological polar surface area (TPSA) is 76.6 Å². The van der Waals surface area contributed by atoms with Gasteiger partial charge in [0.25, 0.3) is 5.19 Å². The molecular weight excluding hydrogens is 432 g/mol. The van der Waals surface area contributed by atoms with Crippen molar-refractivity contribution in [3.05, 3.63) is 42.5 Å². The van der Waals surface area contributed by atoms with Crippen LogP contribution in [0, 0.1) is 5.92 Å². The molecule has 0 unspecified atom stereocenters. The van der Waals surface area contributed by atoms with Crippen LogP contribution in [0.25, 0.3) is 21.3 Å². The Morgan fingerprint density at radius 1 is 1.03 bits per heavy atom. The summed E-state index contributed by atoms with van der Waals surface area (Å²) in [6, 6.07) is 12.9. The Kier molecular flexibility index (Phi) is 5.22. The van der Waals surface area contributed by atoms with Crippen molar-refractivity contribution in [2.75, 3.05) is 19.3 Å². The summed E-state index contributed by atoms with van der Waals surface area (Å²) < 4.78 is 30.5. The van der Waals surface area contributed by atoms with Crippen LogP contribution in [0.1, 0.15) is 25.7 Å². The molecule has 5 rings (SSSR count). The number of carbonyl (C=O) groups excluding carboxylic acids is 1. The number of carbonyl (C=O) groups is 1. The number of benzene rings is 2. The molecule has 1 saturated heterocycles. The number of aromatic nitrogens is 1. The van der Waals surface area contributed by atoms with Crippen molar-refractivity contribution in [3.8, 4) is 16.3 Å². The third kappa shape index (κ3) is 4.45. The standard InChI is InChI=1S/C23H24N2O4S2/c1-31(27,28)19-7-4-15(5-8-19)17-6-9-20-21(14-17)30-23(24-20)29-18-10-12-25(13-11-18)22(26)16-2-3-16/h4-9,14,16,18H,2-3,10-13H2,1H3. The van der Waals surface area contributed by atoms with Crippen LogP contribution in [0.4, 0.5) is 0 Å². The van der Waals surface area contributed by atoms with Crippen molar-refractivity contribution in [1.82, 2.24) is 9.88 Å². The highest BCUT2D eigenvalue weighted by molar-refractivity contribution is 7.90. The SMILES string of the molecule is CS(=O)(=O)c1ccc(-c2ccc3nc(OC4CCN(C(=O)C5CC5)CC4)sc3c2)cc1. The first kappa shape index (κ1) is 20.5. The number of sulfone groups is 1. The van der Waals surface area contributed by atoms with Crippen molar-refractivity contribution >= 4 is 37.3 Å². The molecule has 3 aromatic rings. The Labute approximate surface area is 185 Å². The van der Waals surface area contributed by atoms with E-state index in [9.17, 15) is 13.2 Å². The lowest BCUT2D eigenvalue weighted by Crippen LogP contribution is -2.42. The largest absolute Gasteiger partial charge is 0.467 e. The molecule has 8 heteroatoms. The van der Waals surface area contributed by atoms with E-state index in [0.29, 0.717) is 16.0 Å². The van der Waals surface area contributed by atoms with Crippen molar-refractivity contribution in [3.63, 3.8) is 0 Å². The number of amides is 1. The molecule has 1 saturated carbocycles. The predicted octanol–water partition coefficient (Wildman–Crippen LogP) is 4.15. The van der Waals surface area contributed by atoms with Gasteiger partial charge in [-0.25, -0.2) is 13.4 Å². The van der Waals surface area contributed by atoms with Gasteiger partial charge in [0.15, 0.2) is 9.84 Å². The minimum Gasteiger partial charge on any atom is -0.467 e. The molecular formula is C23H24N2O4S2. The summed E-state index contributed by atoms with van der Waals surface area (Å²) >= 11 is 1.52. The lowest BCUT2D eigenvalue weighted by molar-refractivity contribution is -0.134. The third-order valence-electron chi connectivity index (χ3n) is 5.93. The molecule has 31 heavy (non-hydrogen) atoms. The quantitative estimate of drug-likeness (QED) is 0.577. The molecule has 1 aliphatic heterocycles. The second-order valence-electron chi connectivity index (χ2n) is 8.38. The number of hydrogen-bond donors (Lipinski definition) is 0. The van der Waals surface area contributed by atoms with Crippen LogP contribution in [-0.2, 0) is 14.6 Å². The fourth-order valence-electron chi connectivity index (χ4n) is 3.95. The first-order valence-electron chi connectivity index (χ1n) is 10.5. The van der Waals surface area contributed by atoms with Gasteiger partial charge in [-0.2, -0.15) is 0 Å². The van der Waals surface area contributed by atoms with E-state index in [1.54, 1.807) is 12.1 Å². The number of fused-ring (bicyclic) bond motifs is 1. The van der Waals surface area contributed by atoms with Gasteiger partial charge in [-0.1, -0.05) is 29.5 Å². The maximum absolute atomic E-state index is 12.2. The highest BCUT2D eigenvalue weighted by Crippen LogP contribution is 2.34. The number of likely N-dealkylation sites (tertiary alicyclic amines) is 1. The Morgan fingerprint density at radius 3 is 2.35 bits per heavy atom. The fourth-order valence-corrected chi connectivity index (χ4v) is 5.50. The molecule has 2 aliphatic rings. The van der Waals surface area contributed by atoms with Gasteiger partial charge in [0.1, 0.15) is 6.10 Å². The Bertz CT molecular complexity index is 1220. The van der Waals surface area contributed by atoms with Gasteiger partial charge in [-0.15, -0.1) is 0 Å². The monoisotopic (exact) mass is 456 g/mol. The zero-order valence-electron chi connectivity index (χ0n) is 17.3. The van der Waals surface area contributed by atoms with E-state index in [1.165, 1.54) is 17.6 Å². The van der Waals surface area contributed by atoms with Gasteiger partial charge in [-0.3, -0.25) is 4.79 Å². The van der Waals surface area contributed by atoms with Crippen LogP contribution < -0.4 is 4.74 Å². The maximum Gasteiger partial charge on any atom is 0.274 e. The lowest BCUT2D eigenvalue weighted by atomic mass is 10.1. The van der Waals surface area contributed by atoms with Crippen LogP contribution in [0.5, 0.6) is 5.19 Å². The summed E-state index contributed by atoms with van der Waals surface area (Å²) in [4.78, 5) is 19.1. The molecule has 1 amide bonds. The predicted molar refractivity (Wildman–Crippen MR) is 121 cm³/mol. The molecule has 0 N–H and O–H groups in total. The van der Waals surface area contributed by atoms with Crippen molar-refractivity contribution in [2.24, 2.45) is 5.92 Å². The van der Waals surface area contributed by atoms with Gasteiger partial charge in [0, 0.05) is 38.1 Å². The van der Waals surface area contributed by atoms with Gasteiger partial charge in [0.05, 0.1) is 15.1 Å². The van der Waals surface area contributed by atoms with E-state index in [1.807, 2.05) is 29.2 Å². The zero-order valence-corrected chi connectivity index (χ0v) is 18.9. The Balaban J connectivity index is 1.27. The second-order valence-corrected chi connectivity index (χ2v) is 11.4. The molecule has 1 aliphatic carbocycles. The van der Waals surface area contributed by atoms with Crippen LogP contribution in [0.2, 0.25) is 0 Å². The van der Waals surface area contributed by atoms with Crippen molar-refractivity contribution in [2.45, 2.75) is 36.7 Å². The molecule has 0 spiro atoms. The molecule has 2 fully saturated rings. The first-order chi connectivity index (χ1) is 14.9. The third-order valence-corrected chi connectivity index (χ3v) is 7.97. The molecule has 0 bridgehead atoms. The summed E-state index contributed by atoms with van der Waals surface area (Å²) in [5, 5.41) is 0.659. The molecule has 0 atom stereocenters. The van der Waals surface area contributed by atoms with E-state index in [2.05, 4.69) is 11.1 Å². The van der Waals surface area contributed by atoms with E-state index >= 15 is 0 Å². The number of nitrogens with zero attached hydrogens (tertiary/aromatic N) is 2. The molecule has 1 aromatic heterocycles. The van der Waals surface area contributed by atoms with E-state index in [-0.39, 0.29) is 12.0 Å². The van der Waals surface area contributed by atoms with Crippen LogP contribution in [0.3, 0.4) is 0 Å². The Hall–Kier alpha value is -2.45. The van der Waals surface area contributed by atoms with Crippen LogP contribution in [-0.4, -0.2) is 49.7 Å². The van der Waals surface area contributed by atoms with Gasteiger partial charge < -0.3 is 9.64 Å². The number of hydrogen-bond acceptors (Lipinski definition) is 6. The minimum absolute atomic E-state index is 0.0897. The summed E-state index contributed by atoms with van der Waals surface area (Å²) in [5.74, 6) is 0.592. The maximum atomic E-state index is 12.2. The van der Waals surface area contributed by atoms with Crippen molar-refractivity contribution in [1.29, 1.82) is 0 Å². The fraction of sp³-hybridized carbons (Fsp3) is 0.391. The van der Waals surface area contributed by atoms with E-state index in [0.717, 1.165) is 60.1 Å². The first-order valence-corrected chi connectivity index (χ1v) is 13.2. The van der Waals surface area contributed by atoms with E-state index < -0.39 is 9.84 Å². The highest BCUT2D eigenvalue weighted by Gasteiger charge is 2.35. The lowest BCUT2D eigenvalue weighted by Gasteiger charge is -2.31. The summed E-state index contributed by atoms with van der Waals surface area (Å²) in [6.45, 7) is 1.52. The van der Waals surface area contributed by atoms with Crippen LogP contribution >= 0.6 is 11.3 Å². The highest BCUT2D eigenvalue weighted by atomic mass is 32.2. The second kappa shape index (κ2) is 7.91. The zero-order chi connectivity index (χ0) is 21.6. The summed E-state index contributed by atoms with van der Waals surface area (Å²) in [5.41, 5.74) is 2.85. The number of ether oxygens (including phenoxy) is 1. The number of piperidine rings is 1. The normalized spacial score (nSPS) is 17.8. The summed E-state index contributed by atoms with van der Waals surface area (Å²) in [6.07, 6.45) is 5.07. The molecule has 0 radical (unpaired) electrons. The molecule has 2 heterocycles. The number of thiazole rings is 1. The van der Waals surface area contributed by atoms with Gasteiger partial charge >= 0.3 is 0 Å². The van der Waals surface area contributed by atoms with Gasteiger partial charge in [-0.05, 0) is 48.2 Å². The molecule has 162 valence electrons. The average molecular weight is 457 g/mol. The Morgan fingerprint density at radius 2 is 1.71 bits per heavy atom. The van der Waals surface area contributed by atoms with Crippen LogP contribution in [0.15, 0.2) is 47.4 Å². The van der Waals surface area contributed by atoms with Gasteiger partial charge in [0.2, 0.25) is 5.91 Å². The molecule has 6 nitrogen and oxygen atoms in total. The average Bonchev–Trinajstić information content (AvgIpc) is 3.53.